The van der Waals surface area contributed by atoms with E-state index < -0.39 is 5.79 Å². The molecule has 142 valence electrons. The van der Waals surface area contributed by atoms with E-state index in [9.17, 15) is 0 Å². The monoisotopic (exact) mass is 388 g/mol. The van der Waals surface area contributed by atoms with E-state index in [0.717, 1.165) is 29.7 Å². The van der Waals surface area contributed by atoms with Crippen LogP contribution in [0.1, 0.15) is 26.3 Å². The lowest BCUT2D eigenvalue weighted by molar-refractivity contribution is -0.159. The summed E-state index contributed by atoms with van der Waals surface area (Å²) >= 11 is 6.23. The highest BCUT2D eigenvalue weighted by atomic mass is 35.5. The Kier molecular flexibility index (Phi) is 3.89. The minimum atomic E-state index is -0.600. The maximum atomic E-state index is 6.29. The van der Waals surface area contributed by atoms with Crippen molar-refractivity contribution >= 4 is 28.3 Å². The van der Waals surface area contributed by atoms with Crippen molar-refractivity contribution in [3.8, 4) is 0 Å². The van der Waals surface area contributed by atoms with Gasteiger partial charge in [-0.1, -0.05) is 11.6 Å². The molecule has 9 heteroatoms. The van der Waals surface area contributed by atoms with Crippen molar-refractivity contribution in [3.05, 3.63) is 36.1 Å². The van der Waals surface area contributed by atoms with Crippen LogP contribution in [0.4, 0.5) is 5.69 Å². The summed E-state index contributed by atoms with van der Waals surface area (Å²) in [7, 11) is 0. The van der Waals surface area contributed by atoms with E-state index in [-0.39, 0.29) is 18.2 Å². The first-order chi connectivity index (χ1) is 13.0. The van der Waals surface area contributed by atoms with Gasteiger partial charge in [0, 0.05) is 24.9 Å². The molecule has 2 aliphatic rings. The fourth-order valence-corrected chi connectivity index (χ4v) is 4.52. The van der Waals surface area contributed by atoms with Gasteiger partial charge in [0.25, 0.3) is 0 Å². The third-order valence-electron chi connectivity index (χ3n) is 5.44. The zero-order valence-electron chi connectivity index (χ0n) is 15.1. The van der Waals surface area contributed by atoms with E-state index in [2.05, 4.69) is 30.0 Å². The number of hydrogen-bond acceptors (Lipinski definition) is 6. The van der Waals surface area contributed by atoms with Crippen LogP contribution in [0.5, 0.6) is 0 Å². The van der Waals surface area contributed by atoms with E-state index in [1.54, 1.807) is 6.20 Å². The normalized spacial score (nSPS) is 29.3. The number of ether oxygens (including phenoxy) is 2. The second-order valence-corrected chi connectivity index (χ2v) is 7.98. The predicted octanol–water partition coefficient (Wildman–Crippen LogP) is 3.00. The van der Waals surface area contributed by atoms with E-state index in [4.69, 9.17) is 21.1 Å². The molecular formula is C18H21ClN6O2. The predicted molar refractivity (Wildman–Crippen MR) is 101 cm³/mol. The van der Waals surface area contributed by atoms with Crippen molar-refractivity contribution < 1.29 is 9.47 Å². The summed E-state index contributed by atoms with van der Waals surface area (Å²) in [5.41, 5.74) is 1.80. The molecule has 2 N–H and O–H groups in total. The number of H-pyrrole nitrogens is 1. The van der Waals surface area contributed by atoms with E-state index >= 15 is 0 Å². The van der Waals surface area contributed by atoms with Crippen molar-refractivity contribution in [2.24, 2.45) is 5.92 Å². The van der Waals surface area contributed by atoms with Crippen molar-refractivity contribution in [2.75, 3.05) is 11.9 Å². The molecule has 4 atom stereocenters. The number of nitrogens with one attached hydrogen (secondary N) is 2. The molecule has 1 aliphatic carbocycles. The van der Waals surface area contributed by atoms with E-state index in [1.807, 2.05) is 32.3 Å². The van der Waals surface area contributed by atoms with Gasteiger partial charge in [0.15, 0.2) is 5.79 Å². The molecule has 1 aliphatic heterocycles. The molecule has 3 aromatic heterocycles. The molecule has 2 fully saturated rings. The van der Waals surface area contributed by atoms with Crippen LogP contribution in [-0.2, 0) is 9.47 Å². The third kappa shape index (κ3) is 2.88. The minimum absolute atomic E-state index is 0.0131. The summed E-state index contributed by atoms with van der Waals surface area (Å²) in [6, 6.07) is 2.08. The third-order valence-corrected chi connectivity index (χ3v) is 5.74. The number of hydrogen-bond donors (Lipinski definition) is 2. The maximum absolute atomic E-state index is 6.29. The van der Waals surface area contributed by atoms with Crippen LogP contribution in [0, 0.1) is 5.92 Å². The topological polar surface area (TPSA) is 89.9 Å². The first-order valence-electron chi connectivity index (χ1n) is 9.07. The molecular weight excluding hydrogens is 368 g/mol. The maximum Gasteiger partial charge on any atom is 0.163 e. The van der Waals surface area contributed by atoms with Crippen LogP contribution in [-0.4, -0.2) is 49.3 Å². The Morgan fingerprint density at radius 1 is 1.33 bits per heavy atom. The van der Waals surface area contributed by atoms with Crippen LogP contribution in [0.15, 0.2) is 31.0 Å². The molecule has 0 amide bonds. The van der Waals surface area contributed by atoms with Crippen molar-refractivity contribution in [3.63, 3.8) is 0 Å². The van der Waals surface area contributed by atoms with Gasteiger partial charge in [-0.15, -0.1) is 0 Å². The molecule has 0 aromatic carbocycles. The molecule has 4 heterocycles. The van der Waals surface area contributed by atoms with Gasteiger partial charge in [-0.25, -0.2) is 9.97 Å². The first kappa shape index (κ1) is 17.0. The van der Waals surface area contributed by atoms with Crippen molar-refractivity contribution in [1.82, 2.24) is 24.7 Å². The Morgan fingerprint density at radius 2 is 2.19 bits per heavy atom. The number of nitrogens with zero attached hydrogens (tertiary/aromatic N) is 4. The molecule has 0 unspecified atom stereocenters. The minimum Gasteiger partial charge on any atom is -0.382 e. The number of aromatic nitrogens is 5. The highest BCUT2D eigenvalue weighted by Crippen LogP contribution is 2.47. The Hall–Kier alpha value is -2.16. The van der Waals surface area contributed by atoms with E-state index in [1.165, 1.54) is 6.33 Å². The number of halogens is 1. The average Bonchev–Trinajstić information content (AvgIpc) is 3.37. The van der Waals surface area contributed by atoms with Crippen molar-refractivity contribution in [1.29, 1.82) is 0 Å². The second kappa shape index (κ2) is 6.19. The lowest BCUT2D eigenvalue weighted by Gasteiger charge is -2.24. The zero-order chi connectivity index (χ0) is 18.6. The Bertz CT molecular complexity index is 956. The molecule has 8 nitrogen and oxygen atoms in total. The second-order valence-electron chi connectivity index (χ2n) is 7.62. The summed E-state index contributed by atoms with van der Waals surface area (Å²) in [5.74, 6) is -0.302. The highest BCUT2D eigenvalue weighted by Gasteiger charge is 2.54. The fourth-order valence-electron chi connectivity index (χ4n) is 4.33. The smallest absolute Gasteiger partial charge is 0.163 e. The number of anilines is 1. The summed E-state index contributed by atoms with van der Waals surface area (Å²) in [4.78, 5) is 8.53. The Labute approximate surface area is 161 Å². The zero-order valence-corrected chi connectivity index (χ0v) is 15.8. The molecule has 1 saturated heterocycles. The largest absolute Gasteiger partial charge is 0.382 e. The van der Waals surface area contributed by atoms with Crippen molar-refractivity contribution in [2.45, 2.75) is 44.3 Å². The fraction of sp³-hybridized carbons (Fsp3) is 0.500. The molecule has 0 radical (unpaired) electrons. The summed E-state index contributed by atoms with van der Waals surface area (Å²) in [6.45, 7) is 4.72. The standard InChI is InChI=1S/C18H21ClN6O2/c1-18(2)26-14-10(6-20-11-7-23-24-8-11)5-13(15(14)27-18)25-4-3-12-16(19)21-9-22-17(12)25/h3-4,7-10,13-15,20H,5-6H2,1-2H3,(H,23,24)/t10-,13-,14-,15+/m1/s1. The lowest BCUT2D eigenvalue weighted by atomic mass is 10.1. The summed E-state index contributed by atoms with van der Waals surface area (Å²) in [6.07, 6.45) is 8.03. The van der Waals surface area contributed by atoms with Crippen LogP contribution in [0.3, 0.4) is 0 Å². The molecule has 3 aromatic rings. The molecule has 5 rings (SSSR count). The number of fused-ring (bicyclic) bond motifs is 2. The van der Waals surface area contributed by atoms with Gasteiger partial charge in [0.1, 0.15) is 23.2 Å². The number of rotatable bonds is 4. The quantitative estimate of drug-likeness (QED) is 0.668. The van der Waals surface area contributed by atoms with Gasteiger partial charge in [0.05, 0.1) is 29.4 Å². The molecule has 0 bridgehead atoms. The lowest BCUT2D eigenvalue weighted by Crippen LogP contribution is -2.29. The Balaban J connectivity index is 1.46. The summed E-state index contributed by atoms with van der Waals surface area (Å²) in [5, 5.41) is 11.6. The van der Waals surface area contributed by atoms with Crippen LogP contribution in [0.2, 0.25) is 5.15 Å². The van der Waals surface area contributed by atoms with Crippen LogP contribution in [0.25, 0.3) is 11.0 Å². The first-order valence-corrected chi connectivity index (χ1v) is 9.45. The van der Waals surface area contributed by atoms with E-state index in [0.29, 0.717) is 11.1 Å². The molecule has 27 heavy (non-hydrogen) atoms. The van der Waals surface area contributed by atoms with Gasteiger partial charge in [-0.05, 0) is 26.3 Å². The summed E-state index contributed by atoms with van der Waals surface area (Å²) < 4.78 is 14.7. The SMILES string of the molecule is CC1(C)O[C@@H]2[C@@H](CNc3cn[nH]c3)C[C@@H](n3ccc4c(Cl)ncnc43)[C@@H]2O1. The van der Waals surface area contributed by atoms with Gasteiger partial charge in [-0.2, -0.15) is 5.10 Å². The van der Waals surface area contributed by atoms with Crippen LogP contribution < -0.4 is 5.32 Å². The van der Waals surface area contributed by atoms with Gasteiger partial charge in [-0.3, -0.25) is 5.10 Å². The van der Waals surface area contributed by atoms with Gasteiger partial charge in [0.2, 0.25) is 0 Å². The van der Waals surface area contributed by atoms with Gasteiger partial charge < -0.3 is 19.4 Å². The molecule has 1 saturated carbocycles. The molecule has 0 spiro atoms. The van der Waals surface area contributed by atoms with Gasteiger partial charge >= 0.3 is 0 Å². The average molecular weight is 389 g/mol. The number of aromatic amines is 1. The Morgan fingerprint density at radius 3 is 3.00 bits per heavy atom. The highest BCUT2D eigenvalue weighted by molar-refractivity contribution is 6.33. The van der Waals surface area contributed by atoms with Crippen LogP contribution >= 0.6 is 11.6 Å².